The predicted octanol–water partition coefficient (Wildman–Crippen LogP) is 3.33. The van der Waals surface area contributed by atoms with Crippen LogP contribution in [0.15, 0.2) is 42.5 Å². The van der Waals surface area contributed by atoms with Gasteiger partial charge in [0.25, 0.3) is 0 Å². The number of carbonyl (C=O) groups excluding carboxylic acids is 2. The van der Waals surface area contributed by atoms with Crippen LogP contribution >= 0.6 is 0 Å². The van der Waals surface area contributed by atoms with Gasteiger partial charge in [-0.05, 0) is 49.0 Å². The van der Waals surface area contributed by atoms with Crippen LogP contribution in [0.4, 0.5) is 20.2 Å². The summed E-state index contributed by atoms with van der Waals surface area (Å²) in [4.78, 5) is 25.0. The van der Waals surface area contributed by atoms with E-state index in [9.17, 15) is 18.4 Å². The molecular formula is C20H23F2N3O4. The molecule has 0 aliphatic rings. The number of nitrogens with zero attached hydrogens (tertiary/aromatic N) is 1. The van der Waals surface area contributed by atoms with Gasteiger partial charge in [0.2, 0.25) is 11.8 Å². The zero-order valence-electron chi connectivity index (χ0n) is 16.4. The number of alkyl halides is 2. The van der Waals surface area contributed by atoms with Crippen molar-refractivity contribution in [2.45, 2.75) is 20.1 Å². The van der Waals surface area contributed by atoms with Gasteiger partial charge in [-0.15, -0.1) is 0 Å². The molecular weight excluding hydrogens is 384 g/mol. The molecule has 0 aromatic heterocycles. The van der Waals surface area contributed by atoms with E-state index in [4.69, 9.17) is 4.74 Å². The average molecular weight is 407 g/mol. The Balaban J connectivity index is 1.90. The van der Waals surface area contributed by atoms with Crippen molar-refractivity contribution >= 4 is 23.2 Å². The first-order valence-electron chi connectivity index (χ1n) is 8.74. The van der Waals surface area contributed by atoms with E-state index in [-0.39, 0.29) is 29.9 Å². The summed E-state index contributed by atoms with van der Waals surface area (Å²) in [6.07, 6.45) is 0. The Hall–Kier alpha value is -3.20. The van der Waals surface area contributed by atoms with Crippen LogP contribution in [0, 0.1) is 0 Å². The van der Waals surface area contributed by atoms with Crippen LogP contribution in [0.1, 0.15) is 12.5 Å². The highest BCUT2D eigenvalue weighted by molar-refractivity contribution is 5.93. The standard InChI is InChI=1S/C20H23F2N3O4/c1-13(26)23-15-5-7-16(8-6-15)24-19(27)12-25(2)11-14-4-9-17(29-20(21)22)18(10-14)28-3/h4-10,20H,11-12H2,1-3H3,(H,23,26)(H,24,27). The highest BCUT2D eigenvalue weighted by Crippen LogP contribution is 2.29. The number of nitrogens with one attached hydrogen (secondary N) is 2. The van der Waals surface area contributed by atoms with E-state index in [1.54, 1.807) is 48.3 Å². The first-order valence-corrected chi connectivity index (χ1v) is 8.74. The lowest BCUT2D eigenvalue weighted by atomic mass is 10.2. The minimum Gasteiger partial charge on any atom is -0.493 e. The van der Waals surface area contributed by atoms with E-state index >= 15 is 0 Å². The van der Waals surface area contributed by atoms with E-state index in [2.05, 4.69) is 15.4 Å². The molecule has 2 rings (SSSR count). The van der Waals surface area contributed by atoms with E-state index in [1.807, 2.05) is 0 Å². The Morgan fingerprint density at radius 3 is 2.21 bits per heavy atom. The van der Waals surface area contributed by atoms with Gasteiger partial charge in [-0.3, -0.25) is 14.5 Å². The summed E-state index contributed by atoms with van der Waals surface area (Å²) in [6.45, 7) is -1.00. The molecule has 0 heterocycles. The fourth-order valence-electron chi connectivity index (χ4n) is 2.66. The summed E-state index contributed by atoms with van der Waals surface area (Å²) < 4.78 is 34.3. The predicted molar refractivity (Wildman–Crippen MR) is 105 cm³/mol. The summed E-state index contributed by atoms with van der Waals surface area (Å²) in [6, 6.07) is 11.4. The van der Waals surface area contributed by atoms with Crippen molar-refractivity contribution in [2.75, 3.05) is 31.3 Å². The summed E-state index contributed by atoms with van der Waals surface area (Å²) in [5, 5.41) is 5.42. The second-order valence-electron chi connectivity index (χ2n) is 6.34. The summed E-state index contributed by atoms with van der Waals surface area (Å²) in [7, 11) is 3.13. The lowest BCUT2D eigenvalue weighted by molar-refractivity contribution is -0.117. The molecule has 0 saturated heterocycles. The molecule has 0 unspecified atom stereocenters. The molecule has 0 spiro atoms. The normalized spacial score (nSPS) is 10.7. The Bertz CT molecular complexity index is 844. The summed E-state index contributed by atoms with van der Waals surface area (Å²) in [5.74, 6) is -0.243. The fraction of sp³-hybridized carbons (Fsp3) is 0.300. The third kappa shape index (κ3) is 7.38. The molecule has 0 bridgehead atoms. The van der Waals surface area contributed by atoms with Crippen molar-refractivity contribution in [1.29, 1.82) is 0 Å². The third-order valence-electron chi connectivity index (χ3n) is 3.80. The molecule has 2 aromatic rings. The Labute approximate surface area is 167 Å². The lowest BCUT2D eigenvalue weighted by Gasteiger charge is -2.18. The molecule has 2 aromatic carbocycles. The Morgan fingerprint density at radius 2 is 1.66 bits per heavy atom. The number of rotatable bonds is 9. The van der Waals surface area contributed by atoms with Gasteiger partial charge in [-0.2, -0.15) is 8.78 Å². The monoisotopic (exact) mass is 407 g/mol. The quantitative estimate of drug-likeness (QED) is 0.667. The number of anilines is 2. The van der Waals surface area contributed by atoms with Gasteiger partial charge >= 0.3 is 6.61 Å². The van der Waals surface area contributed by atoms with Crippen molar-refractivity contribution in [3.63, 3.8) is 0 Å². The third-order valence-corrected chi connectivity index (χ3v) is 3.80. The maximum absolute atomic E-state index is 12.4. The first-order chi connectivity index (χ1) is 13.8. The summed E-state index contributed by atoms with van der Waals surface area (Å²) in [5.41, 5.74) is 2.02. The molecule has 0 aliphatic heterocycles. The smallest absolute Gasteiger partial charge is 0.387 e. The van der Waals surface area contributed by atoms with Crippen molar-refractivity contribution in [3.8, 4) is 11.5 Å². The van der Waals surface area contributed by atoms with Crippen LogP contribution in [0.2, 0.25) is 0 Å². The molecule has 2 amide bonds. The number of amides is 2. The largest absolute Gasteiger partial charge is 0.493 e. The van der Waals surface area contributed by atoms with Crippen molar-refractivity contribution in [1.82, 2.24) is 4.90 Å². The maximum atomic E-state index is 12.4. The van der Waals surface area contributed by atoms with Gasteiger partial charge < -0.3 is 20.1 Å². The van der Waals surface area contributed by atoms with Crippen molar-refractivity contribution < 1.29 is 27.8 Å². The first kappa shape index (κ1) is 22.1. The number of likely N-dealkylation sites (N-methyl/N-ethyl adjacent to an activating group) is 1. The van der Waals surface area contributed by atoms with Crippen LogP contribution in [-0.4, -0.2) is 44.0 Å². The highest BCUT2D eigenvalue weighted by Gasteiger charge is 2.13. The topological polar surface area (TPSA) is 79.9 Å². The second kappa shape index (κ2) is 10.4. The molecule has 2 N–H and O–H groups in total. The zero-order valence-corrected chi connectivity index (χ0v) is 16.4. The van der Waals surface area contributed by atoms with E-state index in [0.717, 1.165) is 5.56 Å². The number of halogens is 2. The van der Waals surface area contributed by atoms with Gasteiger partial charge in [0.05, 0.1) is 13.7 Å². The second-order valence-corrected chi connectivity index (χ2v) is 6.34. The van der Waals surface area contributed by atoms with Gasteiger partial charge in [0.15, 0.2) is 11.5 Å². The molecule has 0 aliphatic carbocycles. The van der Waals surface area contributed by atoms with Crippen LogP contribution < -0.4 is 20.1 Å². The molecule has 0 atom stereocenters. The molecule has 9 heteroatoms. The molecule has 0 saturated carbocycles. The van der Waals surface area contributed by atoms with Gasteiger partial charge in [0.1, 0.15) is 0 Å². The highest BCUT2D eigenvalue weighted by atomic mass is 19.3. The van der Waals surface area contributed by atoms with Crippen LogP contribution in [0.3, 0.4) is 0 Å². The minimum atomic E-state index is -2.94. The van der Waals surface area contributed by atoms with Gasteiger partial charge in [0, 0.05) is 24.8 Å². The SMILES string of the molecule is COc1cc(CN(C)CC(=O)Nc2ccc(NC(C)=O)cc2)ccc1OC(F)F. The number of ether oxygens (including phenoxy) is 2. The van der Waals surface area contributed by atoms with E-state index in [1.165, 1.54) is 20.1 Å². The molecule has 7 nitrogen and oxygen atoms in total. The van der Waals surface area contributed by atoms with E-state index < -0.39 is 6.61 Å². The number of hydrogen-bond acceptors (Lipinski definition) is 5. The number of hydrogen-bond donors (Lipinski definition) is 2. The van der Waals surface area contributed by atoms with E-state index in [0.29, 0.717) is 17.9 Å². The van der Waals surface area contributed by atoms with Crippen molar-refractivity contribution in [3.05, 3.63) is 48.0 Å². The minimum absolute atomic E-state index is 0.0469. The van der Waals surface area contributed by atoms with Crippen LogP contribution in [-0.2, 0) is 16.1 Å². The van der Waals surface area contributed by atoms with Gasteiger partial charge in [-0.1, -0.05) is 6.07 Å². The lowest BCUT2D eigenvalue weighted by Crippen LogP contribution is -2.29. The maximum Gasteiger partial charge on any atom is 0.387 e. The summed E-state index contributed by atoms with van der Waals surface area (Å²) >= 11 is 0. The molecule has 29 heavy (non-hydrogen) atoms. The number of methoxy groups -OCH3 is 1. The number of carbonyl (C=O) groups is 2. The average Bonchev–Trinajstić information content (AvgIpc) is 2.63. The fourth-order valence-corrected chi connectivity index (χ4v) is 2.66. The van der Waals surface area contributed by atoms with Gasteiger partial charge in [-0.25, -0.2) is 0 Å². The Morgan fingerprint density at radius 1 is 1.03 bits per heavy atom. The van der Waals surface area contributed by atoms with Crippen LogP contribution in [0.5, 0.6) is 11.5 Å². The molecule has 0 fully saturated rings. The number of benzene rings is 2. The molecule has 0 radical (unpaired) electrons. The van der Waals surface area contributed by atoms with Crippen LogP contribution in [0.25, 0.3) is 0 Å². The van der Waals surface area contributed by atoms with Crippen molar-refractivity contribution in [2.24, 2.45) is 0 Å². The molecule has 156 valence electrons. The zero-order chi connectivity index (χ0) is 21.4. The Kier molecular flexibility index (Phi) is 7.90.